The van der Waals surface area contributed by atoms with Crippen LogP contribution < -0.4 is 0 Å². The first-order chi connectivity index (χ1) is 14.4. The molecule has 3 rings (SSSR count). The molecule has 31 heavy (non-hydrogen) atoms. The maximum absolute atomic E-state index is 13.3. The standard InChI is InChI=1S/C21H16ClF3N2O3S/c1-12-3-5-15(6-4-12)18-17(19(22)27-20(26-18)21(23,24)25)14-7-9-16(10-8-14)31(29,30)11-13(2)28/h3-10H,11H2,1-2H3. The SMILES string of the molecule is CC(=O)CS(=O)(=O)c1ccc(-c2c(Cl)nc(C(F)(F)F)nc2-c2ccc(C)cc2)cc1. The van der Waals surface area contributed by atoms with Gasteiger partial charge in [-0.25, -0.2) is 18.4 Å². The van der Waals surface area contributed by atoms with Crippen LogP contribution in [0.3, 0.4) is 0 Å². The van der Waals surface area contributed by atoms with Gasteiger partial charge in [0.1, 0.15) is 16.7 Å². The number of nitrogens with zero attached hydrogens (tertiary/aromatic N) is 2. The van der Waals surface area contributed by atoms with E-state index >= 15 is 0 Å². The van der Waals surface area contributed by atoms with Gasteiger partial charge in [0, 0.05) is 11.1 Å². The Balaban J connectivity index is 2.18. The molecule has 10 heteroatoms. The van der Waals surface area contributed by atoms with Crippen LogP contribution in [0.5, 0.6) is 0 Å². The number of carbonyl (C=O) groups excluding carboxylic acids is 1. The van der Waals surface area contributed by atoms with E-state index in [4.69, 9.17) is 11.6 Å². The van der Waals surface area contributed by atoms with Gasteiger partial charge in [-0.2, -0.15) is 13.2 Å². The molecule has 0 radical (unpaired) electrons. The molecule has 0 saturated heterocycles. The van der Waals surface area contributed by atoms with Crippen molar-refractivity contribution < 1.29 is 26.4 Å². The monoisotopic (exact) mass is 468 g/mol. The molecule has 3 aromatic rings. The summed E-state index contributed by atoms with van der Waals surface area (Å²) in [7, 11) is -3.82. The number of carbonyl (C=O) groups is 1. The fourth-order valence-corrected chi connectivity index (χ4v) is 4.45. The molecule has 0 saturated carbocycles. The zero-order valence-corrected chi connectivity index (χ0v) is 17.9. The summed E-state index contributed by atoms with van der Waals surface area (Å²) in [5, 5.41) is -0.419. The molecule has 0 aliphatic heterocycles. The van der Waals surface area contributed by atoms with Gasteiger partial charge in [0.15, 0.2) is 9.84 Å². The molecule has 2 aromatic carbocycles. The van der Waals surface area contributed by atoms with Crippen molar-refractivity contribution in [2.45, 2.75) is 24.9 Å². The number of alkyl halides is 3. The van der Waals surface area contributed by atoms with Crippen LogP contribution in [0.1, 0.15) is 18.3 Å². The van der Waals surface area contributed by atoms with E-state index in [1.165, 1.54) is 31.2 Å². The van der Waals surface area contributed by atoms with Crippen molar-refractivity contribution >= 4 is 27.2 Å². The predicted octanol–water partition coefficient (Wildman–Crippen LogP) is 5.15. The second-order valence-corrected chi connectivity index (χ2v) is 9.26. The van der Waals surface area contributed by atoms with E-state index in [1.54, 1.807) is 24.3 Å². The average molecular weight is 469 g/mol. The first-order valence-corrected chi connectivity index (χ1v) is 11.0. The van der Waals surface area contributed by atoms with Crippen LogP contribution in [0.4, 0.5) is 13.2 Å². The van der Waals surface area contributed by atoms with Crippen LogP contribution in [0.25, 0.3) is 22.4 Å². The van der Waals surface area contributed by atoms with Crippen LogP contribution in [-0.2, 0) is 20.8 Å². The van der Waals surface area contributed by atoms with Crippen molar-refractivity contribution in [3.63, 3.8) is 0 Å². The third-order valence-electron chi connectivity index (χ3n) is 4.34. The predicted molar refractivity (Wildman–Crippen MR) is 110 cm³/mol. The summed E-state index contributed by atoms with van der Waals surface area (Å²) in [5.74, 6) is -2.53. The van der Waals surface area contributed by atoms with Gasteiger partial charge in [-0.1, -0.05) is 53.6 Å². The highest BCUT2D eigenvalue weighted by atomic mass is 35.5. The van der Waals surface area contributed by atoms with E-state index in [1.807, 2.05) is 6.92 Å². The first-order valence-electron chi connectivity index (χ1n) is 8.93. The molecule has 1 heterocycles. The molecule has 0 unspecified atom stereocenters. The maximum atomic E-state index is 13.3. The van der Waals surface area contributed by atoms with E-state index in [9.17, 15) is 26.4 Å². The van der Waals surface area contributed by atoms with Crippen molar-refractivity contribution in [3.8, 4) is 22.4 Å². The number of ketones is 1. The number of hydrogen-bond donors (Lipinski definition) is 0. The molecule has 5 nitrogen and oxygen atoms in total. The van der Waals surface area contributed by atoms with Gasteiger partial charge in [0.25, 0.3) is 0 Å². The van der Waals surface area contributed by atoms with Crippen LogP contribution in [0.2, 0.25) is 5.15 Å². The lowest BCUT2D eigenvalue weighted by Crippen LogP contribution is -2.13. The van der Waals surface area contributed by atoms with Gasteiger partial charge < -0.3 is 0 Å². The molecule has 0 N–H and O–H groups in total. The Hall–Kier alpha value is -2.78. The smallest absolute Gasteiger partial charge is 0.299 e. The number of aryl methyl sites for hydroxylation is 1. The van der Waals surface area contributed by atoms with Crippen LogP contribution in [-0.4, -0.2) is 29.9 Å². The summed E-state index contributed by atoms with van der Waals surface area (Å²) in [5.41, 5.74) is 1.72. The first kappa shape index (κ1) is 22.9. The molecule has 0 aliphatic carbocycles. The Bertz CT molecular complexity index is 1240. The van der Waals surface area contributed by atoms with Gasteiger partial charge in [0.05, 0.1) is 10.6 Å². The summed E-state index contributed by atoms with van der Waals surface area (Å²) < 4.78 is 64.3. The van der Waals surface area contributed by atoms with E-state index in [-0.39, 0.29) is 16.2 Å². The number of sulfone groups is 1. The van der Waals surface area contributed by atoms with Crippen molar-refractivity contribution in [2.75, 3.05) is 5.75 Å². The molecular formula is C21H16ClF3N2O3S. The lowest BCUT2D eigenvalue weighted by atomic mass is 10.00. The fourth-order valence-electron chi connectivity index (χ4n) is 2.92. The molecule has 162 valence electrons. The lowest BCUT2D eigenvalue weighted by Gasteiger charge is -2.15. The third kappa shape index (κ3) is 5.11. The highest BCUT2D eigenvalue weighted by Crippen LogP contribution is 2.38. The van der Waals surface area contributed by atoms with E-state index < -0.39 is 38.5 Å². The summed E-state index contributed by atoms with van der Waals surface area (Å²) in [6.07, 6.45) is -4.80. The molecule has 0 amide bonds. The largest absolute Gasteiger partial charge is 0.451 e. The molecular weight excluding hydrogens is 453 g/mol. The number of Topliss-reactive ketones (excluding diaryl/α,β-unsaturated/α-hetero) is 1. The topological polar surface area (TPSA) is 77.0 Å². The molecule has 0 bridgehead atoms. The average Bonchev–Trinajstić information content (AvgIpc) is 2.66. The Labute approximate surface area is 181 Å². The minimum absolute atomic E-state index is 0.0355. The third-order valence-corrected chi connectivity index (χ3v) is 6.39. The summed E-state index contributed by atoms with van der Waals surface area (Å²) >= 11 is 6.14. The van der Waals surface area contributed by atoms with Crippen LogP contribution in [0.15, 0.2) is 53.4 Å². The normalized spacial score (nSPS) is 12.1. The van der Waals surface area contributed by atoms with Gasteiger partial charge >= 0.3 is 6.18 Å². The van der Waals surface area contributed by atoms with E-state index in [0.29, 0.717) is 11.1 Å². The Morgan fingerprint density at radius 2 is 1.52 bits per heavy atom. The van der Waals surface area contributed by atoms with Gasteiger partial charge in [-0.05, 0) is 31.5 Å². The summed E-state index contributed by atoms with van der Waals surface area (Å²) in [4.78, 5) is 18.2. The number of halogens is 4. The zero-order chi connectivity index (χ0) is 23.0. The number of aromatic nitrogens is 2. The Morgan fingerprint density at radius 1 is 0.968 bits per heavy atom. The molecule has 0 aliphatic rings. The van der Waals surface area contributed by atoms with Gasteiger partial charge in [0.2, 0.25) is 5.82 Å². The molecule has 0 atom stereocenters. The summed E-state index contributed by atoms with van der Waals surface area (Å²) in [6.45, 7) is 3.00. The molecule has 0 fully saturated rings. The van der Waals surface area contributed by atoms with E-state index in [2.05, 4.69) is 9.97 Å². The minimum atomic E-state index is -4.80. The second-order valence-electron chi connectivity index (χ2n) is 6.91. The molecule has 0 spiro atoms. The van der Waals surface area contributed by atoms with E-state index in [0.717, 1.165) is 5.56 Å². The van der Waals surface area contributed by atoms with Crippen molar-refractivity contribution in [1.82, 2.24) is 9.97 Å². The highest BCUT2D eigenvalue weighted by Gasteiger charge is 2.36. The molecule has 1 aromatic heterocycles. The zero-order valence-electron chi connectivity index (χ0n) is 16.4. The number of benzene rings is 2. The van der Waals surface area contributed by atoms with Gasteiger partial charge in [-0.3, -0.25) is 4.79 Å². The fraction of sp³-hybridized carbons (Fsp3) is 0.190. The van der Waals surface area contributed by atoms with Crippen molar-refractivity contribution in [2.24, 2.45) is 0 Å². The quantitative estimate of drug-likeness (QED) is 0.484. The minimum Gasteiger partial charge on any atom is -0.299 e. The summed E-state index contributed by atoms with van der Waals surface area (Å²) in [6, 6.07) is 12.0. The maximum Gasteiger partial charge on any atom is 0.451 e. The van der Waals surface area contributed by atoms with Crippen LogP contribution >= 0.6 is 11.6 Å². The lowest BCUT2D eigenvalue weighted by molar-refractivity contribution is -0.144. The Kier molecular flexibility index (Phi) is 6.20. The highest BCUT2D eigenvalue weighted by molar-refractivity contribution is 7.92. The number of hydrogen-bond acceptors (Lipinski definition) is 5. The van der Waals surface area contributed by atoms with Crippen molar-refractivity contribution in [1.29, 1.82) is 0 Å². The van der Waals surface area contributed by atoms with Crippen molar-refractivity contribution in [3.05, 3.63) is 65.1 Å². The number of rotatable bonds is 5. The second kappa shape index (κ2) is 8.39. The Morgan fingerprint density at radius 3 is 2.03 bits per heavy atom. The van der Waals surface area contributed by atoms with Crippen LogP contribution in [0, 0.1) is 6.92 Å². The van der Waals surface area contributed by atoms with Gasteiger partial charge in [-0.15, -0.1) is 0 Å².